The first-order valence-electron chi connectivity index (χ1n) is 4.55. The van der Waals surface area contributed by atoms with Gasteiger partial charge in [-0.1, -0.05) is 0 Å². The number of ether oxygens (including phenoxy) is 2. The van der Waals surface area contributed by atoms with E-state index in [0.29, 0.717) is 5.75 Å². The maximum Gasteiger partial charge on any atom is 0.240 e. The van der Waals surface area contributed by atoms with Gasteiger partial charge in [0.1, 0.15) is 17.3 Å². The molecule has 7 heteroatoms. The third-order valence-corrected chi connectivity index (χ3v) is 2.95. The molecule has 0 bridgehead atoms. The molecule has 94 valence electrons. The lowest BCUT2D eigenvalue weighted by molar-refractivity contribution is 0.101. The number of rotatable bonds is 5. The highest BCUT2D eigenvalue weighted by Crippen LogP contribution is 2.25. The van der Waals surface area contributed by atoms with Crippen LogP contribution in [0.1, 0.15) is 10.4 Å². The summed E-state index contributed by atoms with van der Waals surface area (Å²) < 4.78 is 31.6. The van der Waals surface area contributed by atoms with Crippen molar-refractivity contribution in [3.05, 3.63) is 23.8 Å². The lowest BCUT2D eigenvalue weighted by Crippen LogP contribution is -2.12. The Morgan fingerprint density at radius 3 is 2.41 bits per heavy atom. The van der Waals surface area contributed by atoms with E-state index in [2.05, 4.69) is 0 Å². The van der Waals surface area contributed by atoms with Crippen LogP contribution in [-0.4, -0.2) is 34.2 Å². The van der Waals surface area contributed by atoms with E-state index < -0.39 is 20.6 Å². The molecular weight excluding hydrogens is 268 g/mol. The molecule has 0 saturated heterocycles. The van der Waals surface area contributed by atoms with Crippen molar-refractivity contribution in [1.29, 1.82) is 0 Å². The van der Waals surface area contributed by atoms with Crippen molar-refractivity contribution in [3.8, 4) is 11.5 Å². The maximum atomic E-state index is 11.7. The highest BCUT2D eigenvalue weighted by Gasteiger charge is 2.19. The topological polar surface area (TPSA) is 69.7 Å². The fraction of sp³-hybridized carbons (Fsp3) is 0.300. The van der Waals surface area contributed by atoms with Gasteiger partial charge in [0.2, 0.25) is 9.05 Å². The van der Waals surface area contributed by atoms with Gasteiger partial charge in [0, 0.05) is 16.7 Å². The van der Waals surface area contributed by atoms with Crippen LogP contribution in [0, 0.1) is 0 Å². The molecule has 0 saturated carbocycles. The second kappa shape index (κ2) is 5.37. The van der Waals surface area contributed by atoms with Crippen molar-refractivity contribution in [2.75, 3.05) is 20.0 Å². The van der Waals surface area contributed by atoms with Gasteiger partial charge in [0.25, 0.3) is 0 Å². The zero-order valence-corrected chi connectivity index (χ0v) is 10.8. The summed E-state index contributed by atoms with van der Waals surface area (Å²) in [6.07, 6.45) is 0. The average Bonchev–Trinajstić information content (AvgIpc) is 2.25. The van der Waals surface area contributed by atoms with Gasteiger partial charge in [-0.05, 0) is 12.1 Å². The van der Waals surface area contributed by atoms with Crippen LogP contribution in [0.25, 0.3) is 0 Å². The molecule has 1 aromatic carbocycles. The van der Waals surface area contributed by atoms with Gasteiger partial charge in [-0.2, -0.15) is 0 Å². The minimum absolute atomic E-state index is 0.150. The SMILES string of the molecule is COc1ccc(C(=O)CS(=O)(=O)Cl)c(OC)c1. The van der Waals surface area contributed by atoms with Crippen LogP contribution in [0.2, 0.25) is 0 Å². The standard InChI is InChI=1S/C10H11ClO5S/c1-15-7-3-4-8(10(5-7)16-2)9(12)6-17(11,13)14/h3-5H,6H2,1-2H3. The number of ketones is 1. The summed E-state index contributed by atoms with van der Waals surface area (Å²) in [4.78, 5) is 11.7. The van der Waals surface area contributed by atoms with E-state index in [0.717, 1.165) is 0 Å². The van der Waals surface area contributed by atoms with Crippen molar-refractivity contribution in [1.82, 2.24) is 0 Å². The van der Waals surface area contributed by atoms with Crippen LogP contribution in [0.15, 0.2) is 18.2 Å². The Morgan fingerprint density at radius 2 is 1.94 bits per heavy atom. The van der Waals surface area contributed by atoms with E-state index in [-0.39, 0.29) is 11.3 Å². The van der Waals surface area contributed by atoms with Crippen LogP contribution in [-0.2, 0) is 9.05 Å². The molecule has 0 radical (unpaired) electrons. The summed E-state index contributed by atoms with van der Waals surface area (Å²) in [7, 11) is 3.99. The molecule has 1 rings (SSSR count). The van der Waals surface area contributed by atoms with Gasteiger partial charge >= 0.3 is 0 Å². The number of carbonyl (C=O) groups excluding carboxylic acids is 1. The molecule has 5 nitrogen and oxygen atoms in total. The Kier molecular flexibility index (Phi) is 4.36. The molecule has 1 aromatic rings. The molecule has 0 heterocycles. The van der Waals surface area contributed by atoms with E-state index in [1.54, 1.807) is 0 Å². The van der Waals surface area contributed by atoms with E-state index in [9.17, 15) is 13.2 Å². The molecule has 0 spiro atoms. The molecule has 0 aliphatic rings. The number of carbonyl (C=O) groups is 1. The minimum atomic E-state index is -3.88. The number of benzene rings is 1. The Bertz CT molecular complexity index is 523. The van der Waals surface area contributed by atoms with Crippen molar-refractivity contribution in [2.24, 2.45) is 0 Å². The quantitative estimate of drug-likeness (QED) is 0.602. The molecule has 0 atom stereocenters. The Labute approximate surface area is 104 Å². The van der Waals surface area contributed by atoms with Gasteiger partial charge < -0.3 is 9.47 Å². The molecular formula is C10H11ClO5S. The zero-order valence-electron chi connectivity index (χ0n) is 9.27. The number of halogens is 1. The van der Waals surface area contributed by atoms with Gasteiger partial charge in [0.15, 0.2) is 5.78 Å². The van der Waals surface area contributed by atoms with Gasteiger partial charge in [-0.3, -0.25) is 4.79 Å². The predicted octanol–water partition coefficient (Wildman–Crippen LogP) is 1.46. The van der Waals surface area contributed by atoms with Crippen molar-refractivity contribution in [3.63, 3.8) is 0 Å². The molecule has 0 aromatic heterocycles. The number of Topliss-reactive ketones (excluding diaryl/α,β-unsaturated/α-hetero) is 1. The molecule has 0 aliphatic heterocycles. The van der Waals surface area contributed by atoms with Crippen LogP contribution in [0.5, 0.6) is 11.5 Å². The van der Waals surface area contributed by atoms with Gasteiger partial charge in [-0.15, -0.1) is 0 Å². The summed E-state index contributed by atoms with van der Waals surface area (Å²) in [6, 6.07) is 4.47. The lowest BCUT2D eigenvalue weighted by atomic mass is 10.1. The summed E-state index contributed by atoms with van der Waals surface area (Å²) in [5.41, 5.74) is 0.150. The fourth-order valence-corrected chi connectivity index (χ4v) is 2.03. The monoisotopic (exact) mass is 278 g/mol. The normalized spacial score (nSPS) is 11.0. The van der Waals surface area contributed by atoms with Crippen LogP contribution in [0.4, 0.5) is 0 Å². The Morgan fingerprint density at radius 1 is 1.29 bits per heavy atom. The van der Waals surface area contributed by atoms with E-state index in [4.69, 9.17) is 20.2 Å². The van der Waals surface area contributed by atoms with Gasteiger partial charge in [-0.25, -0.2) is 8.42 Å². The summed E-state index contributed by atoms with van der Waals surface area (Å²) in [6.45, 7) is 0. The molecule has 0 amide bonds. The largest absolute Gasteiger partial charge is 0.497 e. The van der Waals surface area contributed by atoms with Gasteiger partial charge in [0.05, 0.1) is 19.8 Å². The smallest absolute Gasteiger partial charge is 0.240 e. The minimum Gasteiger partial charge on any atom is -0.497 e. The second-order valence-corrected chi connectivity index (χ2v) is 5.95. The van der Waals surface area contributed by atoms with E-state index >= 15 is 0 Å². The van der Waals surface area contributed by atoms with Crippen LogP contribution in [0.3, 0.4) is 0 Å². The predicted molar refractivity (Wildman–Crippen MR) is 63.5 cm³/mol. The third-order valence-electron chi connectivity index (χ3n) is 2.01. The van der Waals surface area contributed by atoms with Crippen LogP contribution < -0.4 is 9.47 Å². The van der Waals surface area contributed by atoms with E-state index in [1.165, 1.54) is 32.4 Å². The highest BCUT2D eigenvalue weighted by molar-refractivity contribution is 8.14. The highest BCUT2D eigenvalue weighted by atomic mass is 35.7. The summed E-state index contributed by atoms with van der Waals surface area (Å²) in [5.74, 6) is -0.640. The number of hydrogen-bond donors (Lipinski definition) is 0. The summed E-state index contributed by atoms with van der Waals surface area (Å²) >= 11 is 0. The molecule has 17 heavy (non-hydrogen) atoms. The molecule has 0 unspecified atom stereocenters. The van der Waals surface area contributed by atoms with Crippen molar-refractivity contribution in [2.45, 2.75) is 0 Å². The van der Waals surface area contributed by atoms with Crippen LogP contribution >= 0.6 is 10.7 Å². The van der Waals surface area contributed by atoms with E-state index in [1.807, 2.05) is 0 Å². The zero-order chi connectivity index (χ0) is 13.1. The maximum absolute atomic E-state index is 11.7. The first-order chi connectivity index (χ1) is 7.87. The Hall–Kier alpha value is -1.27. The Balaban J connectivity index is 3.09. The average molecular weight is 279 g/mol. The van der Waals surface area contributed by atoms with Crippen molar-refractivity contribution >= 4 is 25.5 Å². The third kappa shape index (κ3) is 3.90. The molecule has 0 fully saturated rings. The lowest BCUT2D eigenvalue weighted by Gasteiger charge is -2.08. The first kappa shape index (κ1) is 13.8. The van der Waals surface area contributed by atoms with Crippen molar-refractivity contribution < 1.29 is 22.7 Å². The molecule has 0 aliphatic carbocycles. The molecule has 0 N–H and O–H groups in total. The summed E-state index contributed by atoms with van der Waals surface area (Å²) in [5, 5.41) is 0. The fourth-order valence-electron chi connectivity index (χ4n) is 1.26. The number of hydrogen-bond acceptors (Lipinski definition) is 5. The first-order valence-corrected chi connectivity index (χ1v) is 7.03. The number of methoxy groups -OCH3 is 2. The second-order valence-electron chi connectivity index (χ2n) is 3.17.